The first kappa shape index (κ1) is 11.9. The summed E-state index contributed by atoms with van der Waals surface area (Å²) in [6, 6.07) is 1.96. The third-order valence-electron chi connectivity index (χ3n) is 2.67. The van der Waals surface area contributed by atoms with Gasteiger partial charge in [-0.3, -0.25) is 4.98 Å². The van der Waals surface area contributed by atoms with Crippen LogP contribution in [0.25, 0.3) is 0 Å². The van der Waals surface area contributed by atoms with Gasteiger partial charge in [0.2, 0.25) is 0 Å². The van der Waals surface area contributed by atoms with E-state index in [1.54, 1.807) is 11.1 Å². The van der Waals surface area contributed by atoms with Gasteiger partial charge in [-0.1, -0.05) is 0 Å². The van der Waals surface area contributed by atoms with Gasteiger partial charge in [0.05, 0.1) is 0 Å². The summed E-state index contributed by atoms with van der Waals surface area (Å²) in [6.45, 7) is 6.96. The number of amides is 1. The Morgan fingerprint density at radius 1 is 1.41 bits per heavy atom. The number of ether oxygens (including phenoxy) is 1. The zero-order chi connectivity index (χ0) is 12.5. The highest BCUT2D eigenvalue weighted by molar-refractivity contribution is 5.68. The van der Waals surface area contributed by atoms with E-state index in [2.05, 4.69) is 4.98 Å². The Morgan fingerprint density at radius 3 is 2.88 bits per heavy atom. The lowest BCUT2D eigenvalue weighted by molar-refractivity contribution is 0.0224. The van der Waals surface area contributed by atoms with Crippen molar-refractivity contribution in [2.24, 2.45) is 0 Å². The highest BCUT2D eigenvalue weighted by Crippen LogP contribution is 2.19. The summed E-state index contributed by atoms with van der Waals surface area (Å²) >= 11 is 0. The van der Waals surface area contributed by atoms with Crippen LogP contribution >= 0.6 is 0 Å². The van der Waals surface area contributed by atoms with Crippen molar-refractivity contribution in [3.05, 3.63) is 29.6 Å². The van der Waals surface area contributed by atoms with E-state index >= 15 is 0 Å². The van der Waals surface area contributed by atoms with Crippen LogP contribution in [0.15, 0.2) is 18.5 Å². The zero-order valence-electron chi connectivity index (χ0n) is 10.6. The lowest BCUT2D eigenvalue weighted by Crippen LogP contribution is -2.39. The molecule has 2 rings (SSSR count). The van der Waals surface area contributed by atoms with Crippen LogP contribution in [0.5, 0.6) is 0 Å². The van der Waals surface area contributed by atoms with Crippen molar-refractivity contribution < 1.29 is 9.53 Å². The first-order valence-electron chi connectivity index (χ1n) is 5.85. The molecule has 4 nitrogen and oxygen atoms in total. The van der Waals surface area contributed by atoms with Crippen molar-refractivity contribution in [1.82, 2.24) is 9.88 Å². The summed E-state index contributed by atoms with van der Waals surface area (Å²) < 4.78 is 5.36. The van der Waals surface area contributed by atoms with Crippen LogP contribution in [0.4, 0.5) is 4.79 Å². The molecule has 0 saturated heterocycles. The largest absolute Gasteiger partial charge is 0.444 e. The van der Waals surface area contributed by atoms with Gasteiger partial charge in [-0.25, -0.2) is 4.79 Å². The number of carbonyl (C=O) groups is 1. The smallest absolute Gasteiger partial charge is 0.410 e. The van der Waals surface area contributed by atoms with Crippen LogP contribution in [0.1, 0.15) is 31.9 Å². The van der Waals surface area contributed by atoms with Crippen LogP contribution in [-0.2, 0) is 17.7 Å². The molecule has 0 unspecified atom stereocenters. The predicted molar refractivity (Wildman–Crippen MR) is 64.6 cm³/mol. The number of hydrogen-bond donors (Lipinski definition) is 0. The van der Waals surface area contributed by atoms with E-state index in [9.17, 15) is 4.79 Å². The number of rotatable bonds is 0. The fraction of sp³-hybridized carbons (Fsp3) is 0.538. The summed E-state index contributed by atoms with van der Waals surface area (Å²) in [5, 5.41) is 0. The molecule has 0 N–H and O–H groups in total. The summed E-state index contributed by atoms with van der Waals surface area (Å²) in [6.07, 6.45) is 4.25. The van der Waals surface area contributed by atoms with Crippen LogP contribution in [-0.4, -0.2) is 28.1 Å². The SMILES string of the molecule is CC(C)(C)OC(=O)N1CCc2cnccc2C1. The molecule has 2 heterocycles. The van der Waals surface area contributed by atoms with Crippen molar-refractivity contribution >= 4 is 6.09 Å². The maximum absolute atomic E-state index is 11.9. The number of hydrogen-bond acceptors (Lipinski definition) is 3. The minimum Gasteiger partial charge on any atom is -0.444 e. The molecule has 1 aromatic rings. The normalized spacial score (nSPS) is 15.4. The highest BCUT2D eigenvalue weighted by Gasteiger charge is 2.25. The maximum atomic E-state index is 11.9. The monoisotopic (exact) mass is 234 g/mol. The average Bonchev–Trinajstić information content (AvgIpc) is 2.26. The fourth-order valence-corrected chi connectivity index (χ4v) is 1.86. The number of fused-ring (bicyclic) bond motifs is 1. The Bertz CT molecular complexity index is 424. The van der Waals surface area contributed by atoms with E-state index in [0.29, 0.717) is 13.1 Å². The minimum atomic E-state index is -0.435. The number of nitrogens with zero attached hydrogens (tertiary/aromatic N) is 2. The molecule has 0 atom stereocenters. The molecule has 1 aromatic heterocycles. The Kier molecular flexibility index (Phi) is 3.05. The van der Waals surface area contributed by atoms with E-state index in [1.165, 1.54) is 5.56 Å². The van der Waals surface area contributed by atoms with Crippen LogP contribution in [0.2, 0.25) is 0 Å². The Morgan fingerprint density at radius 2 is 2.18 bits per heavy atom. The highest BCUT2D eigenvalue weighted by atomic mass is 16.6. The molecule has 0 saturated carbocycles. The minimum absolute atomic E-state index is 0.236. The van der Waals surface area contributed by atoms with Gasteiger partial charge in [0.1, 0.15) is 5.60 Å². The van der Waals surface area contributed by atoms with Crippen molar-refractivity contribution in [3.8, 4) is 0 Å². The van der Waals surface area contributed by atoms with Crippen LogP contribution in [0, 0.1) is 0 Å². The Hall–Kier alpha value is -1.58. The van der Waals surface area contributed by atoms with Crippen LogP contribution < -0.4 is 0 Å². The van der Waals surface area contributed by atoms with Gasteiger partial charge in [-0.15, -0.1) is 0 Å². The van der Waals surface area contributed by atoms with Crippen molar-refractivity contribution in [1.29, 1.82) is 0 Å². The van der Waals surface area contributed by atoms with Gasteiger partial charge >= 0.3 is 6.09 Å². The van der Waals surface area contributed by atoms with E-state index in [0.717, 1.165) is 12.0 Å². The molecule has 0 fully saturated rings. The first-order chi connectivity index (χ1) is 7.96. The lowest BCUT2D eigenvalue weighted by atomic mass is 10.0. The van der Waals surface area contributed by atoms with E-state index in [-0.39, 0.29) is 6.09 Å². The van der Waals surface area contributed by atoms with Crippen LogP contribution in [0.3, 0.4) is 0 Å². The molecule has 0 radical (unpaired) electrons. The number of carbonyl (C=O) groups excluding carboxylic acids is 1. The van der Waals surface area contributed by atoms with Gasteiger partial charge in [0, 0.05) is 25.5 Å². The topological polar surface area (TPSA) is 42.4 Å². The summed E-state index contributed by atoms with van der Waals surface area (Å²) in [4.78, 5) is 17.7. The lowest BCUT2D eigenvalue weighted by Gasteiger charge is -2.30. The number of pyridine rings is 1. The van der Waals surface area contributed by atoms with Crippen molar-refractivity contribution in [2.45, 2.75) is 39.3 Å². The molecule has 4 heteroatoms. The summed E-state index contributed by atoms with van der Waals surface area (Å²) in [5.41, 5.74) is 1.96. The molecule has 1 aliphatic heterocycles. The molecule has 1 amide bonds. The summed E-state index contributed by atoms with van der Waals surface area (Å²) in [7, 11) is 0. The standard InChI is InChI=1S/C13H18N2O2/c1-13(2,3)17-12(16)15-7-5-10-8-14-6-4-11(10)9-15/h4,6,8H,5,7,9H2,1-3H3. The molecule has 92 valence electrons. The molecule has 1 aliphatic rings. The van der Waals surface area contributed by atoms with Crippen molar-refractivity contribution in [2.75, 3.05) is 6.54 Å². The molecule has 0 bridgehead atoms. The first-order valence-corrected chi connectivity index (χ1v) is 5.85. The second kappa shape index (κ2) is 4.35. The van der Waals surface area contributed by atoms with Crippen molar-refractivity contribution in [3.63, 3.8) is 0 Å². The average molecular weight is 234 g/mol. The number of aromatic nitrogens is 1. The molecule has 0 aromatic carbocycles. The van der Waals surface area contributed by atoms with E-state index < -0.39 is 5.60 Å². The third kappa shape index (κ3) is 2.96. The Labute approximate surface area is 102 Å². The fourth-order valence-electron chi connectivity index (χ4n) is 1.86. The zero-order valence-corrected chi connectivity index (χ0v) is 10.6. The quantitative estimate of drug-likeness (QED) is 0.692. The Balaban J connectivity index is 2.05. The summed E-state index contributed by atoms with van der Waals surface area (Å²) in [5.74, 6) is 0. The maximum Gasteiger partial charge on any atom is 0.410 e. The molecule has 0 aliphatic carbocycles. The molecule has 0 spiro atoms. The van der Waals surface area contributed by atoms with Gasteiger partial charge in [-0.2, -0.15) is 0 Å². The molecular formula is C13H18N2O2. The second-order valence-corrected chi connectivity index (χ2v) is 5.30. The molecule has 17 heavy (non-hydrogen) atoms. The predicted octanol–water partition coefficient (Wildman–Crippen LogP) is 2.37. The van der Waals surface area contributed by atoms with E-state index in [1.807, 2.05) is 33.0 Å². The van der Waals surface area contributed by atoms with Gasteiger partial charge in [0.25, 0.3) is 0 Å². The molecular weight excluding hydrogens is 216 g/mol. The van der Waals surface area contributed by atoms with E-state index in [4.69, 9.17) is 4.74 Å². The van der Waals surface area contributed by atoms with Gasteiger partial charge < -0.3 is 9.64 Å². The van der Waals surface area contributed by atoms with Gasteiger partial charge in [0.15, 0.2) is 0 Å². The third-order valence-corrected chi connectivity index (χ3v) is 2.67. The van der Waals surface area contributed by atoms with Gasteiger partial charge in [-0.05, 0) is 44.4 Å². The second-order valence-electron chi connectivity index (χ2n) is 5.30.